The van der Waals surface area contributed by atoms with Gasteiger partial charge < -0.3 is 20.4 Å². The number of hydrogen-bond donors (Lipinski definition) is 3. The van der Waals surface area contributed by atoms with Crippen LogP contribution >= 0.6 is 0 Å². The minimum absolute atomic E-state index is 0.0899. The van der Waals surface area contributed by atoms with Crippen LogP contribution in [0.25, 0.3) is 11.0 Å². The number of nitrogens with one attached hydrogen (secondary N) is 3. The number of urea groups is 1. The summed E-state index contributed by atoms with van der Waals surface area (Å²) in [7, 11) is 1.68. The molecule has 2 aromatic carbocycles. The zero-order valence-corrected chi connectivity index (χ0v) is 15.8. The van der Waals surface area contributed by atoms with Gasteiger partial charge >= 0.3 is 6.03 Å². The molecule has 0 aliphatic heterocycles. The number of benzene rings is 2. The van der Waals surface area contributed by atoms with Gasteiger partial charge in [-0.2, -0.15) is 0 Å². The minimum Gasteiger partial charge on any atom is -0.496 e. The fraction of sp³-hybridized carbons (Fsp3) is 0.333. The summed E-state index contributed by atoms with van der Waals surface area (Å²) in [5, 5.41) is 5.95. The molecule has 6 heteroatoms. The summed E-state index contributed by atoms with van der Waals surface area (Å²) < 4.78 is 5.47. The summed E-state index contributed by atoms with van der Waals surface area (Å²) in [5.74, 6) is 1.61. The third-order valence-corrected chi connectivity index (χ3v) is 5.37. The molecular weight excluding hydrogens is 340 g/mol. The van der Waals surface area contributed by atoms with E-state index in [1.165, 1.54) is 5.56 Å². The van der Waals surface area contributed by atoms with Crippen LogP contribution in [0.5, 0.6) is 5.75 Å². The van der Waals surface area contributed by atoms with Crippen molar-refractivity contribution in [3.05, 3.63) is 59.4 Å². The molecule has 27 heavy (non-hydrogen) atoms. The first-order chi connectivity index (χ1) is 13.0. The number of ether oxygens (including phenoxy) is 1. The Balaban J connectivity index is 1.36. The van der Waals surface area contributed by atoms with Gasteiger partial charge in [0.15, 0.2) is 0 Å². The highest BCUT2D eigenvalue weighted by atomic mass is 16.5. The van der Waals surface area contributed by atoms with E-state index in [1.807, 2.05) is 37.3 Å². The van der Waals surface area contributed by atoms with Crippen molar-refractivity contribution < 1.29 is 9.53 Å². The number of amides is 2. The van der Waals surface area contributed by atoms with Crippen LogP contribution in [0.2, 0.25) is 0 Å². The van der Waals surface area contributed by atoms with E-state index >= 15 is 0 Å². The Morgan fingerprint density at radius 3 is 2.96 bits per heavy atom. The third kappa shape index (κ3) is 3.35. The molecule has 3 aromatic rings. The Kier molecular flexibility index (Phi) is 4.26. The highest BCUT2D eigenvalue weighted by molar-refractivity contribution is 5.77. The first-order valence-corrected chi connectivity index (χ1v) is 9.13. The Hall–Kier alpha value is -3.02. The molecule has 2 unspecified atom stereocenters. The maximum atomic E-state index is 12.3. The first-order valence-electron chi connectivity index (χ1n) is 9.13. The molecule has 1 saturated carbocycles. The predicted molar refractivity (Wildman–Crippen MR) is 105 cm³/mol. The highest BCUT2D eigenvalue weighted by Crippen LogP contribution is 2.50. The van der Waals surface area contributed by atoms with E-state index in [4.69, 9.17) is 4.74 Å². The number of nitrogens with zero attached hydrogens (tertiary/aromatic N) is 1. The molecule has 1 aliphatic carbocycles. The number of imidazole rings is 1. The number of rotatable bonds is 5. The van der Waals surface area contributed by atoms with Crippen LogP contribution in [0.15, 0.2) is 42.5 Å². The lowest BCUT2D eigenvalue weighted by Gasteiger charge is -2.16. The molecule has 0 radical (unpaired) electrons. The van der Waals surface area contributed by atoms with Crippen molar-refractivity contribution in [2.75, 3.05) is 7.11 Å². The minimum atomic E-state index is -0.185. The van der Waals surface area contributed by atoms with E-state index in [0.29, 0.717) is 6.54 Å². The molecule has 1 fully saturated rings. The molecule has 2 atom stereocenters. The van der Waals surface area contributed by atoms with Gasteiger partial charge in [0.05, 0.1) is 24.7 Å². The summed E-state index contributed by atoms with van der Waals surface area (Å²) in [6.07, 6.45) is 0.894. The molecule has 4 rings (SSSR count). The number of aromatic amines is 1. The van der Waals surface area contributed by atoms with Crippen LogP contribution in [0, 0.1) is 6.92 Å². The maximum absolute atomic E-state index is 12.3. The van der Waals surface area contributed by atoms with Gasteiger partial charge in [-0.05, 0) is 37.1 Å². The standard InChI is InChI=1S/C21H24N4O2/c1-13-8-9-15-16(10-13)24-19(23-15)12-22-20(26)25-18-11-21(18,2)14-6-4-5-7-17(14)27-3/h4-10,18H,11-12H2,1-3H3,(H,23,24)(H2,22,25,26). The molecule has 2 amide bonds. The lowest BCUT2D eigenvalue weighted by atomic mass is 9.96. The second-order valence-electron chi connectivity index (χ2n) is 7.41. The molecule has 0 bridgehead atoms. The van der Waals surface area contributed by atoms with Crippen LogP contribution in [-0.2, 0) is 12.0 Å². The van der Waals surface area contributed by atoms with Gasteiger partial charge in [0, 0.05) is 17.0 Å². The summed E-state index contributed by atoms with van der Waals surface area (Å²) in [5.41, 5.74) is 4.10. The van der Waals surface area contributed by atoms with E-state index < -0.39 is 0 Å². The predicted octanol–water partition coefficient (Wildman–Crippen LogP) is 3.41. The second kappa shape index (κ2) is 6.61. The smallest absolute Gasteiger partial charge is 0.315 e. The lowest BCUT2D eigenvalue weighted by molar-refractivity contribution is 0.239. The fourth-order valence-electron chi connectivity index (χ4n) is 3.62. The normalized spacial score (nSPS) is 21.1. The number of carbonyl (C=O) groups is 1. The molecule has 0 spiro atoms. The van der Waals surface area contributed by atoms with Crippen LogP contribution in [0.3, 0.4) is 0 Å². The Labute approximate surface area is 158 Å². The van der Waals surface area contributed by atoms with Gasteiger partial charge in [0.1, 0.15) is 11.6 Å². The fourth-order valence-corrected chi connectivity index (χ4v) is 3.62. The van der Waals surface area contributed by atoms with Crippen LogP contribution in [-0.4, -0.2) is 29.2 Å². The topological polar surface area (TPSA) is 79.0 Å². The average Bonchev–Trinajstić information content (AvgIpc) is 3.13. The van der Waals surface area contributed by atoms with Gasteiger partial charge in [-0.3, -0.25) is 0 Å². The van der Waals surface area contributed by atoms with Crippen LogP contribution in [0.4, 0.5) is 4.79 Å². The van der Waals surface area contributed by atoms with E-state index in [9.17, 15) is 4.79 Å². The summed E-state index contributed by atoms with van der Waals surface area (Å²) in [6.45, 7) is 4.55. The van der Waals surface area contributed by atoms with Crippen LogP contribution < -0.4 is 15.4 Å². The number of hydrogen-bond acceptors (Lipinski definition) is 3. The number of carbonyl (C=O) groups excluding carboxylic acids is 1. The number of methoxy groups -OCH3 is 1. The zero-order valence-electron chi connectivity index (χ0n) is 15.8. The monoisotopic (exact) mass is 364 g/mol. The summed E-state index contributed by atoms with van der Waals surface area (Å²) in [4.78, 5) is 20.1. The van der Waals surface area contributed by atoms with Gasteiger partial charge in [-0.1, -0.05) is 31.2 Å². The van der Waals surface area contributed by atoms with Crippen molar-refractivity contribution in [3.8, 4) is 5.75 Å². The molecule has 1 heterocycles. The Morgan fingerprint density at radius 1 is 1.33 bits per heavy atom. The van der Waals surface area contributed by atoms with E-state index in [2.05, 4.69) is 39.7 Å². The van der Waals surface area contributed by atoms with E-state index in [1.54, 1.807) is 7.11 Å². The average molecular weight is 364 g/mol. The SMILES string of the molecule is COc1ccccc1C1(C)CC1NC(=O)NCc1nc2ccc(C)cc2[nH]1. The highest BCUT2D eigenvalue weighted by Gasteiger charge is 2.53. The van der Waals surface area contributed by atoms with Crippen LogP contribution in [0.1, 0.15) is 30.3 Å². The van der Waals surface area contributed by atoms with Crippen molar-refractivity contribution in [3.63, 3.8) is 0 Å². The number of aryl methyl sites for hydroxylation is 1. The lowest BCUT2D eigenvalue weighted by Crippen LogP contribution is -2.38. The van der Waals surface area contributed by atoms with E-state index in [-0.39, 0.29) is 17.5 Å². The zero-order chi connectivity index (χ0) is 19.0. The third-order valence-electron chi connectivity index (χ3n) is 5.37. The van der Waals surface area contributed by atoms with Gasteiger partial charge in [0.2, 0.25) is 0 Å². The quantitative estimate of drug-likeness (QED) is 0.649. The molecule has 1 aliphatic rings. The van der Waals surface area contributed by atoms with Crippen molar-refractivity contribution in [1.82, 2.24) is 20.6 Å². The van der Waals surface area contributed by atoms with Gasteiger partial charge in [-0.15, -0.1) is 0 Å². The molecule has 0 saturated heterocycles. The van der Waals surface area contributed by atoms with Crippen molar-refractivity contribution in [2.45, 2.75) is 38.3 Å². The summed E-state index contributed by atoms with van der Waals surface area (Å²) >= 11 is 0. The Bertz CT molecular complexity index is 997. The molecular formula is C21H24N4O2. The molecule has 6 nitrogen and oxygen atoms in total. The second-order valence-corrected chi connectivity index (χ2v) is 7.41. The van der Waals surface area contributed by atoms with Gasteiger partial charge in [-0.25, -0.2) is 9.78 Å². The number of fused-ring (bicyclic) bond motifs is 1. The van der Waals surface area contributed by atoms with Crippen molar-refractivity contribution in [2.24, 2.45) is 0 Å². The van der Waals surface area contributed by atoms with Crippen molar-refractivity contribution in [1.29, 1.82) is 0 Å². The summed E-state index contributed by atoms with van der Waals surface area (Å²) in [6, 6.07) is 13.9. The molecule has 1 aromatic heterocycles. The largest absolute Gasteiger partial charge is 0.496 e. The number of aromatic nitrogens is 2. The molecule has 140 valence electrons. The van der Waals surface area contributed by atoms with Crippen molar-refractivity contribution >= 4 is 17.1 Å². The number of para-hydroxylation sites is 1. The van der Waals surface area contributed by atoms with Gasteiger partial charge in [0.25, 0.3) is 0 Å². The Morgan fingerprint density at radius 2 is 2.15 bits per heavy atom. The molecule has 3 N–H and O–H groups in total. The maximum Gasteiger partial charge on any atom is 0.315 e. The first kappa shape index (κ1) is 17.4. The van der Waals surface area contributed by atoms with E-state index in [0.717, 1.165) is 34.6 Å². The number of H-pyrrole nitrogens is 1.